The number of para-hydroxylation sites is 1. The molecule has 0 radical (unpaired) electrons. The van der Waals surface area contributed by atoms with Crippen molar-refractivity contribution < 1.29 is 22.8 Å². The van der Waals surface area contributed by atoms with Crippen molar-refractivity contribution in [1.29, 1.82) is 0 Å². The van der Waals surface area contributed by atoms with Crippen LogP contribution in [-0.4, -0.2) is 26.1 Å². The lowest BCUT2D eigenvalue weighted by Crippen LogP contribution is -2.12. The number of hydrogen-bond donors (Lipinski definition) is 2. The van der Waals surface area contributed by atoms with Gasteiger partial charge in [0.15, 0.2) is 5.75 Å². The van der Waals surface area contributed by atoms with Gasteiger partial charge in [-0.05, 0) is 18.2 Å². The summed E-state index contributed by atoms with van der Waals surface area (Å²) in [4.78, 5) is 12.5. The highest BCUT2D eigenvalue weighted by Gasteiger charge is 2.15. The highest BCUT2D eigenvalue weighted by Crippen LogP contribution is 2.33. The summed E-state index contributed by atoms with van der Waals surface area (Å²) in [6, 6.07) is 11.4. The third-order valence-electron chi connectivity index (χ3n) is 3.36. The fraction of sp³-hybridized carbons (Fsp3) is 0.0588. The molecule has 8 nitrogen and oxygen atoms in total. The predicted molar refractivity (Wildman–Crippen MR) is 96.8 cm³/mol. The van der Waals surface area contributed by atoms with Crippen molar-refractivity contribution in [1.82, 2.24) is 0 Å². The van der Waals surface area contributed by atoms with Crippen LogP contribution in [0.1, 0.15) is 5.56 Å². The van der Waals surface area contributed by atoms with Crippen LogP contribution in [0.5, 0.6) is 11.5 Å². The number of sulfonamides is 1. The maximum atomic E-state index is 12.5. The van der Waals surface area contributed by atoms with Gasteiger partial charge in [-0.1, -0.05) is 23.4 Å². The van der Waals surface area contributed by atoms with E-state index in [1.165, 1.54) is 12.1 Å². The number of nitrogens with one attached hydrogen (secondary N) is 1. The van der Waals surface area contributed by atoms with Gasteiger partial charge in [0, 0.05) is 6.07 Å². The van der Waals surface area contributed by atoms with Crippen LogP contribution in [0.15, 0.2) is 63.1 Å². The van der Waals surface area contributed by atoms with Crippen molar-refractivity contribution in [2.45, 2.75) is 0 Å². The molecule has 3 rings (SSSR count). The van der Waals surface area contributed by atoms with Crippen molar-refractivity contribution in [3.8, 4) is 11.5 Å². The van der Waals surface area contributed by atoms with Crippen LogP contribution in [0, 0.1) is 0 Å². The van der Waals surface area contributed by atoms with Gasteiger partial charge in [0.25, 0.3) is 0 Å². The minimum Gasteiger partial charge on any atom is -0.463 e. The quantitative estimate of drug-likeness (QED) is 0.403. The Morgan fingerprint density at radius 3 is 2.62 bits per heavy atom. The van der Waals surface area contributed by atoms with E-state index in [0.717, 1.165) is 18.7 Å². The molecule has 0 aliphatic rings. The molecule has 0 fully saturated rings. The first-order valence-corrected chi connectivity index (χ1v) is 9.24. The van der Waals surface area contributed by atoms with E-state index < -0.39 is 15.5 Å². The van der Waals surface area contributed by atoms with Crippen LogP contribution in [0.4, 0.5) is 5.69 Å². The lowest BCUT2D eigenvalue weighted by molar-refractivity contribution is 0.321. The van der Waals surface area contributed by atoms with E-state index in [4.69, 9.17) is 14.4 Å². The summed E-state index contributed by atoms with van der Waals surface area (Å²) < 4.78 is 36.7. The van der Waals surface area contributed by atoms with Crippen LogP contribution in [0.25, 0.3) is 11.0 Å². The Kier molecular flexibility index (Phi) is 4.63. The molecule has 0 aliphatic heterocycles. The van der Waals surface area contributed by atoms with Crippen LogP contribution in [-0.2, 0) is 10.0 Å². The average molecular weight is 374 g/mol. The molecule has 0 aliphatic carbocycles. The molecule has 0 saturated heterocycles. The number of oxime groups is 1. The molecule has 1 aromatic heterocycles. The fourth-order valence-electron chi connectivity index (χ4n) is 2.30. The van der Waals surface area contributed by atoms with Gasteiger partial charge in [-0.25, -0.2) is 8.42 Å². The van der Waals surface area contributed by atoms with Crippen LogP contribution in [0.3, 0.4) is 0 Å². The summed E-state index contributed by atoms with van der Waals surface area (Å²) in [5.41, 5.74) is -0.144. The van der Waals surface area contributed by atoms with Crippen LogP contribution >= 0.6 is 0 Å². The zero-order valence-corrected chi connectivity index (χ0v) is 14.4. The molecule has 1 heterocycles. The van der Waals surface area contributed by atoms with E-state index in [0.29, 0.717) is 5.75 Å². The van der Waals surface area contributed by atoms with Gasteiger partial charge < -0.3 is 14.4 Å². The van der Waals surface area contributed by atoms with Gasteiger partial charge in [0.1, 0.15) is 17.6 Å². The Morgan fingerprint density at radius 1 is 1.23 bits per heavy atom. The normalized spacial score (nSPS) is 11.7. The summed E-state index contributed by atoms with van der Waals surface area (Å²) in [5, 5.41) is 11.6. The van der Waals surface area contributed by atoms with Gasteiger partial charge in [0.2, 0.25) is 15.5 Å². The molecule has 9 heteroatoms. The first-order chi connectivity index (χ1) is 12.4. The number of fused-ring (bicyclic) bond motifs is 1. The van der Waals surface area contributed by atoms with E-state index in [9.17, 15) is 13.2 Å². The standard InChI is InChI=1S/C17H14N2O6S/c1-26(22,23)19-14-8-15-13(17(20)11(9-18-21)10-24-15)7-16(14)25-12-5-3-2-4-6-12/h2-10,19,21H,1H3. The topological polar surface area (TPSA) is 118 Å². The SMILES string of the molecule is CS(=O)(=O)Nc1cc2occ(C=NO)c(=O)c2cc1Oc1ccccc1. The highest BCUT2D eigenvalue weighted by molar-refractivity contribution is 7.92. The summed E-state index contributed by atoms with van der Waals surface area (Å²) in [5.74, 6) is 0.584. The Hall–Kier alpha value is -3.33. The van der Waals surface area contributed by atoms with E-state index in [1.54, 1.807) is 30.3 Å². The summed E-state index contributed by atoms with van der Waals surface area (Å²) in [6.45, 7) is 0. The minimum atomic E-state index is -3.59. The Labute approximate surface area is 148 Å². The largest absolute Gasteiger partial charge is 0.463 e. The number of nitrogens with zero attached hydrogens (tertiary/aromatic N) is 1. The van der Waals surface area contributed by atoms with Gasteiger partial charge in [0.05, 0.1) is 29.1 Å². The first-order valence-electron chi connectivity index (χ1n) is 7.35. The molecular formula is C17H14N2O6S. The number of rotatable bonds is 5. The second-order valence-electron chi connectivity index (χ2n) is 5.40. The second-order valence-corrected chi connectivity index (χ2v) is 7.15. The van der Waals surface area contributed by atoms with Crippen molar-refractivity contribution >= 4 is 32.9 Å². The molecule has 134 valence electrons. The maximum absolute atomic E-state index is 12.5. The maximum Gasteiger partial charge on any atom is 0.229 e. The van der Waals surface area contributed by atoms with Crippen molar-refractivity contribution in [3.05, 3.63) is 64.5 Å². The summed E-state index contributed by atoms with van der Waals surface area (Å²) >= 11 is 0. The average Bonchev–Trinajstić information content (AvgIpc) is 2.58. The van der Waals surface area contributed by atoms with Gasteiger partial charge in [-0.2, -0.15) is 0 Å². The predicted octanol–water partition coefficient (Wildman–Crippen LogP) is 2.76. The summed E-state index contributed by atoms with van der Waals surface area (Å²) in [7, 11) is -3.59. The third kappa shape index (κ3) is 3.83. The monoisotopic (exact) mass is 374 g/mol. The van der Waals surface area contributed by atoms with E-state index >= 15 is 0 Å². The lowest BCUT2D eigenvalue weighted by Gasteiger charge is -2.13. The second kappa shape index (κ2) is 6.89. The van der Waals surface area contributed by atoms with Crippen molar-refractivity contribution in [2.75, 3.05) is 11.0 Å². The molecule has 0 spiro atoms. The highest BCUT2D eigenvalue weighted by atomic mass is 32.2. The van der Waals surface area contributed by atoms with Crippen LogP contribution < -0.4 is 14.9 Å². The molecule has 0 amide bonds. The smallest absolute Gasteiger partial charge is 0.229 e. The Balaban J connectivity index is 2.21. The third-order valence-corrected chi connectivity index (χ3v) is 3.96. The molecule has 0 unspecified atom stereocenters. The molecule has 0 bridgehead atoms. The van der Waals surface area contributed by atoms with E-state index in [2.05, 4.69) is 9.88 Å². The molecule has 2 aromatic carbocycles. The van der Waals surface area contributed by atoms with Gasteiger partial charge in [-0.3, -0.25) is 9.52 Å². The minimum absolute atomic E-state index is 0.0366. The fourth-order valence-corrected chi connectivity index (χ4v) is 2.86. The van der Waals surface area contributed by atoms with Crippen LogP contribution in [0.2, 0.25) is 0 Å². The Morgan fingerprint density at radius 2 is 1.96 bits per heavy atom. The Bertz CT molecular complexity index is 1140. The van der Waals surface area contributed by atoms with Crippen molar-refractivity contribution in [3.63, 3.8) is 0 Å². The van der Waals surface area contributed by atoms with Gasteiger partial charge >= 0.3 is 0 Å². The van der Waals surface area contributed by atoms with Gasteiger partial charge in [-0.15, -0.1) is 0 Å². The number of benzene rings is 2. The number of ether oxygens (including phenoxy) is 1. The van der Waals surface area contributed by atoms with Crippen molar-refractivity contribution in [2.24, 2.45) is 5.16 Å². The zero-order valence-electron chi connectivity index (χ0n) is 13.5. The number of anilines is 1. The molecule has 3 aromatic rings. The molecule has 26 heavy (non-hydrogen) atoms. The zero-order chi connectivity index (χ0) is 18.7. The first kappa shape index (κ1) is 17.5. The summed E-state index contributed by atoms with van der Waals surface area (Å²) in [6.07, 6.45) is 3.07. The molecular weight excluding hydrogens is 360 g/mol. The molecule has 0 atom stereocenters. The van der Waals surface area contributed by atoms with E-state index in [-0.39, 0.29) is 28.0 Å². The van der Waals surface area contributed by atoms with E-state index in [1.807, 2.05) is 0 Å². The number of hydrogen-bond acceptors (Lipinski definition) is 7. The molecule has 2 N–H and O–H groups in total. The molecule has 0 saturated carbocycles. The lowest BCUT2D eigenvalue weighted by atomic mass is 10.1.